The third kappa shape index (κ3) is 5.82. The average Bonchev–Trinajstić information content (AvgIpc) is 2.45. The number of para-hydroxylation sites is 1. The van der Waals surface area contributed by atoms with Crippen molar-refractivity contribution in [3.63, 3.8) is 0 Å². The van der Waals surface area contributed by atoms with E-state index in [2.05, 4.69) is 6.92 Å². The summed E-state index contributed by atoms with van der Waals surface area (Å²) in [6, 6.07) is 8.97. The first-order valence-electron chi connectivity index (χ1n) is 7.93. The topological polar surface area (TPSA) is 44.8 Å². The van der Waals surface area contributed by atoms with Crippen LogP contribution in [0.4, 0.5) is 0 Å². The Labute approximate surface area is 127 Å². The van der Waals surface area contributed by atoms with Crippen molar-refractivity contribution < 1.29 is 18.1 Å². The van der Waals surface area contributed by atoms with Gasteiger partial charge < -0.3 is 4.52 Å². The zero-order valence-corrected chi connectivity index (χ0v) is 13.6. The van der Waals surface area contributed by atoms with Gasteiger partial charge in [-0.1, -0.05) is 63.6 Å². The zero-order valence-electron chi connectivity index (χ0n) is 12.7. The SMILES string of the molecule is CCCCCCCCCC1OP(=O)(Oc2ccccc2)O1. The molecule has 1 heterocycles. The summed E-state index contributed by atoms with van der Waals surface area (Å²) in [5.74, 6) is 0.509. The van der Waals surface area contributed by atoms with Crippen LogP contribution in [0.3, 0.4) is 0 Å². The minimum Gasteiger partial charge on any atom is -0.404 e. The predicted octanol–water partition coefficient (Wildman–Crippen LogP) is 5.69. The Morgan fingerprint density at radius 3 is 2.29 bits per heavy atom. The highest BCUT2D eigenvalue weighted by atomic mass is 31.2. The van der Waals surface area contributed by atoms with Crippen LogP contribution >= 0.6 is 7.82 Å². The second-order valence-corrected chi connectivity index (χ2v) is 6.90. The van der Waals surface area contributed by atoms with Gasteiger partial charge in [0.1, 0.15) is 5.75 Å². The Bertz CT molecular complexity index is 439. The predicted molar refractivity (Wildman–Crippen MR) is 83.2 cm³/mol. The Kier molecular flexibility index (Phi) is 6.75. The van der Waals surface area contributed by atoms with E-state index in [1.165, 1.54) is 38.5 Å². The van der Waals surface area contributed by atoms with Crippen LogP contribution in [-0.4, -0.2) is 6.29 Å². The lowest BCUT2D eigenvalue weighted by molar-refractivity contribution is -0.118. The first-order valence-corrected chi connectivity index (χ1v) is 9.39. The molecule has 0 amide bonds. The van der Waals surface area contributed by atoms with E-state index in [0.717, 1.165) is 12.8 Å². The molecule has 1 aromatic rings. The van der Waals surface area contributed by atoms with Gasteiger partial charge in [0, 0.05) is 0 Å². The van der Waals surface area contributed by atoms with Crippen molar-refractivity contribution in [2.24, 2.45) is 0 Å². The summed E-state index contributed by atoms with van der Waals surface area (Å²) < 4.78 is 27.8. The summed E-state index contributed by atoms with van der Waals surface area (Å²) in [6.45, 7) is 2.22. The maximum absolute atomic E-state index is 12.0. The lowest BCUT2D eigenvalue weighted by atomic mass is 10.1. The van der Waals surface area contributed by atoms with E-state index in [9.17, 15) is 4.57 Å². The molecule has 0 saturated carbocycles. The van der Waals surface area contributed by atoms with Crippen LogP contribution in [0.2, 0.25) is 0 Å². The Morgan fingerprint density at radius 2 is 1.62 bits per heavy atom. The molecule has 118 valence electrons. The number of hydrogen-bond acceptors (Lipinski definition) is 4. The summed E-state index contributed by atoms with van der Waals surface area (Å²) in [4.78, 5) is 0. The van der Waals surface area contributed by atoms with Crippen LogP contribution in [-0.2, 0) is 13.6 Å². The maximum atomic E-state index is 12.0. The van der Waals surface area contributed by atoms with Crippen molar-refractivity contribution >= 4 is 7.82 Å². The molecule has 0 atom stereocenters. The van der Waals surface area contributed by atoms with Gasteiger partial charge in [0.2, 0.25) is 0 Å². The van der Waals surface area contributed by atoms with Gasteiger partial charge in [-0.2, -0.15) is 0 Å². The highest BCUT2D eigenvalue weighted by molar-refractivity contribution is 7.50. The fourth-order valence-corrected chi connectivity index (χ4v) is 3.59. The minimum absolute atomic E-state index is 0.366. The van der Waals surface area contributed by atoms with Gasteiger partial charge in [-0.3, -0.25) is 0 Å². The van der Waals surface area contributed by atoms with Crippen LogP contribution in [0, 0.1) is 0 Å². The van der Waals surface area contributed by atoms with Gasteiger partial charge in [0.05, 0.1) is 0 Å². The molecule has 0 unspecified atom stereocenters. The maximum Gasteiger partial charge on any atom is 0.534 e. The van der Waals surface area contributed by atoms with Crippen LogP contribution < -0.4 is 4.52 Å². The molecule has 4 nitrogen and oxygen atoms in total. The fourth-order valence-electron chi connectivity index (χ4n) is 2.32. The summed E-state index contributed by atoms with van der Waals surface area (Å²) in [7, 11) is -3.34. The Morgan fingerprint density at radius 1 is 1.00 bits per heavy atom. The molecule has 2 rings (SSSR count). The van der Waals surface area contributed by atoms with E-state index in [0.29, 0.717) is 5.75 Å². The largest absolute Gasteiger partial charge is 0.534 e. The van der Waals surface area contributed by atoms with Gasteiger partial charge >= 0.3 is 7.82 Å². The Hall–Kier alpha value is -0.830. The van der Waals surface area contributed by atoms with Crippen molar-refractivity contribution in [2.45, 2.75) is 64.6 Å². The van der Waals surface area contributed by atoms with Crippen molar-refractivity contribution in [3.8, 4) is 5.75 Å². The summed E-state index contributed by atoms with van der Waals surface area (Å²) in [6.07, 6.45) is 9.13. The highest BCUT2D eigenvalue weighted by Gasteiger charge is 2.46. The molecule has 21 heavy (non-hydrogen) atoms. The third-order valence-corrected chi connectivity index (χ3v) is 4.92. The molecule has 1 aliphatic heterocycles. The first kappa shape index (κ1) is 16.5. The van der Waals surface area contributed by atoms with E-state index in [1.54, 1.807) is 12.1 Å². The monoisotopic (exact) mass is 312 g/mol. The van der Waals surface area contributed by atoms with Gasteiger partial charge in [0.25, 0.3) is 0 Å². The lowest BCUT2D eigenvalue weighted by Gasteiger charge is -2.33. The number of benzene rings is 1. The molecule has 1 aromatic carbocycles. The number of phosphoric acid groups is 1. The second kappa shape index (κ2) is 8.57. The van der Waals surface area contributed by atoms with Crippen LogP contribution in [0.1, 0.15) is 58.3 Å². The van der Waals surface area contributed by atoms with E-state index in [1.807, 2.05) is 18.2 Å². The number of unbranched alkanes of at least 4 members (excludes halogenated alkanes) is 6. The van der Waals surface area contributed by atoms with Crippen LogP contribution in [0.15, 0.2) is 30.3 Å². The molecule has 1 saturated heterocycles. The number of phosphoric ester groups is 1. The van der Waals surface area contributed by atoms with Crippen molar-refractivity contribution in [1.29, 1.82) is 0 Å². The van der Waals surface area contributed by atoms with Crippen LogP contribution in [0.25, 0.3) is 0 Å². The van der Waals surface area contributed by atoms with Crippen molar-refractivity contribution in [3.05, 3.63) is 30.3 Å². The van der Waals surface area contributed by atoms with E-state index in [4.69, 9.17) is 13.6 Å². The van der Waals surface area contributed by atoms with E-state index < -0.39 is 7.82 Å². The summed E-state index contributed by atoms with van der Waals surface area (Å²) in [5.41, 5.74) is 0. The summed E-state index contributed by atoms with van der Waals surface area (Å²) in [5, 5.41) is 0. The van der Waals surface area contributed by atoms with Gasteiger partial charge in [0.15, 0.2) is 6.29 Å². The molecular formula is C16H25O4P. The van der Waals surface area contributed by atoms with E-state index in [-0.39, 0.29) is 6.29 Å². The number of rotatable bonds is 10. The van der Waals surface area contributed by atoms with Gasteiger partial charge in [-0.15, -0.1) is 0 Å². The average molecular weight is 312 g/mol. The van der Waals surface area contributed by atoms with E-state index >= 15 is 0 Å². The van der Waals surface area contributed by atoms with Crippen molar-refractivity contribution in [1.82, 2.24) is 0 Å². The van der Waals surface area contributed by atoms with Gasteiger partial charge in [-0.05, 0) is 25.0 Å². The first-order chi connectivity index (χ1) is 10.2. The molecule has 1 fully saturated rings. The molecule has 0 radical (unpaired) electrons. The third-order valence-electron chi connectivity index (χ3n) is 3.50. The highest BCUT2D eigenvalue weighted by Crippen LogP contribution is 2.60. The minimum atomic E-state index is -3.34. The standard InChI is InChI=1S/C16H25O4P/c1-2-3-4-5-6-7-11-14-16-19-21(17,20-16)18-15-12-9-8-10-13-15/h8-10,12-13,16H,2-7,11,14H2,1H3. The van der Waals surface area contributed by atoms with Crippen LogP contribution in [0.5, 0.6) is 5.75 Å². The molecule has 0 aromatic heterocycles. The zero-order chi connectivity index (χ0) is 15.0. The molecule has 0 aliphatic carbocycles. The molecule has 0 bridgehead atoms. The van der Waals surface area contributed by atoms with Crippen molar-refractivity contribution in [2.75, 3.05) is 0 Å². The smallest absolute Gasteiger partial charge is 0.404 e. The molecule has 5 heteroatoms. The quantitative estimate of drug-likeness (QED) is 0.411. The number of hydrogen-bond donors (Lipinski definition) is 0. The molecule has 1 aliphatic rings. The molecule has 0 N–H and O–H groups in total. The summed E-state index contributed by atoms with van der Waals surface area (Å²) >= 11 is 0. The Balaban J connectivity index is 1.53. The van der Waals surface area contributed by atoms with Gasteiger partial charge in [-0.25, -0.2) is 13.6 Å². The molecule has 0 spiro atoms. The molecular weight excluding hydrogens is 287 g/mol. The fraction of sp³-hybridized carbons (Fsp3) is 0.625. The lowest BCUT2D eigenvalue weighted by Crippen LogP contribution is -2.28. The normalized spacial score (nSPS) is 24.5. The second-order valence-electron chi connectivity index (χ2n) is 5.40.